The third kappa shape index (κ3) is 3.50. The second-order valence-electron chi connectivity index (χ2n) is 6.54. The largest absolute Gasteiger partial charge is 0.406 e. The number of nitrogens with zero attached hydrogens (tertiary/aromatic N) is 2. The van der Waals surface area contributed by atoms with E-state index in [0.717, 1.165) is 6.54 Å². The standard InChI is InChI=1S/C17H21F4N3/c1-11-8-12-14(22-15-6-7-23(2)9-13(15)18)4-3-5-16(12)24(11)10-17(19,20)21/h3-5,8,13,15,22H,6-7,9-10H2,1-2H3. The lowest BCUT2D eigenvalue weighted by Gasteiger charge is -2.33. The van der Waals surface area contributed by atoms with E-state index in [9.17, 15) is 17.6 Å². The van der Waals surface area contributed by atoms with Gasteiger partial charge in [0.15, 0.2) is 0 Å². The van der Waals surface area contributed by atoms with Gasteiger partial charge in [-0.2, -0.15) is 13.2 Å². The molecule has 3 rings (SSSR count). The molecule has 132 valence electrons. The fraction of sp³-hybridized carbons (Fsp3) is 0.529. The minimum Gasteiger partial charge on any atom is -0.379 e. The Balaban J connectivity index is 1.91. The maximum absolute atomic E-state index is 14.2. The first-order chi connectivity index (χ1) is 11.2. The van der Waals surface area contributed by atoms with E-state index in [4.69, 9.17) is 0 Å². The summed E-state index contributed by atoms with van der Waals surface area (Å²) in [5.74, 6) is 0. The number of alkyl halides is 4. The van der Waals surface area contributed by atoms with Gasteiger partial charge in [0.25, 0.3) is 0 Å². The van der Waals surface area contributed by atoms with Crippen LogP contribution < -0.4 is 5.32 Å². The van der Waals surface area contributed by atoms with Gasteiger partial charge in [0.2, 0.25) is 0 Å². The number of halogens is 4. The minimum atomic E-state index is -4.28. The summed E-state index contributed by atoms with van der Waals surface area (Å²) in [6.07, 6.45) is -4.62. The number of nitrogens with one attached hydrogen (secondary N) is 1. The van der Waals surface area contributed by atoms with E-state index in [2.05, 4.69) is 5.32 Å². The zero-order valence-corrected chi connectivity index (χ0v) is 13.7. The molecule has 0 radical (unpaired) electrons. The Kier molecular flexibility index (Phi) is 4.46. The molecule has 2 atom stereocenters. The van der Waals surface area contributed by atoms with Gasteiger partial charge in [-0.15, -0.1) is 0 Å². The van der Waals surface area contributed by atoms with Crippen molar-refractivity contribution in [2.75, 3.05) is 25.5 Å². The Morgan fingerprint density at radius 2 is 2.04 bits per heavy atom. The lowest BCUT2D eigenvalue weighted by molar-refractivity contribution is -0.140. The van der Waals surface area contributed by atoms with E-state index < -0.39 is 18.9 Å². The molecule has 1 aliphatic rings. The van der Waals surface area contributed by atoms with E-state index in [1.807, 2.05) is 11.9 Å². The smallest absolute Gasteiger partial charge is 0.379 e. The Bertz CT molecular complexity index is 722. The van der Waals surface area contributed by atoms with Crippen LogP contribution in [0.4, 0.5) is 23.2 Å². The van der Waals surface area contributed by atoms with E-state index in [1.54, 1.807) is 31.2 Å². The summed E-state index contributed by atoms with van der Waals surface area (Å²) < 4.78 is 53.9. The van der Waals surface area contributed by atoms with Crippen molar-refractivity contribution >= 4 is 16.6 Å². The van der Waals surface area contributed by atoms with Gasteiger partial charge in [-0.05, 0) is 38.6 Å². The van der Waals surface area contributed by atoms with Crippen LogP contribution in [-0.2, 0) is 6.54 Å². The highest BCUT2D eigenvalue weighted by molar-refractivity contribution is 5.93. The van der Waals surface area contributed by atoms with Gasteiger partial charge in [0.05, 0.1) is 11.6 Å². The minimum absolute atomic E-state index is 0.321. The molecule has 24 heavy (non-hydrogen) atoms. The summed E-state index contributed by atoms with van der Waals surface area (Å²) in [4.78, 5) is 1.94. The summed E-state index contributed by atoms with van der Waals surface area (Å²) in [6, 6.07) is 6.58. The normalized spacial score (nSPS) is 22.9. The van der Waals surface area contributed by atoms with Crippen molar-refractivity contribution in [1.82, 2.24) is 9.47 Å². The lowest BCUT2D eigenvalue weighted by Crippen LogP contribution is -2.46. The highest BCUT2D eigenvalue weighted by atomic mass is 19.4. The second-order valence-corrected chi connectivity index (χ2v) is 6.54. The van der Waals surface area contributed by atoms with Gasteiger partial charge in [0, 0.05) is 29.9 Å². The van der Waals surface area contributed by atoms with Crippen LogP contribution in [-0.4, -0.2) is 48.0 Å². The van der Waals surface area contributed by atoms with Crippen molar-refractivity contribution < 1.29 is 17.6 Å². The molecule has 0 amide bonds. The van der Waals surface area contributed by atoms with Crippen LogP contribution in [0.5, 0.6) is 0 Å². The molecule has 1 aliphatic heterocycles. The van der Waals surface area contributed by atoms with Crippen LogP contribution >= 0.6 is 0 Å². The summed E-state index contributed by atoms with van der Waals surface area (Å²) >= 11 is 0. The highest BCUT2D eigenvalue weighted by Gasteiger charge is 2.30. The van der Waals surface area contributed by atoms with E-state index in [0.29, 0.717) is 35.2 Å². The number of anilines is 1. The van der Waals surface area contributed by atoms with Crippen LogP contribution in [0.15, 0.2) is 24.3 Å². The summed E-state index contributed by atoms with van der Waals surface area (Å²) in [5.41, 5.74) is 1.74. The van der Waals surface area contributed by atoms with Crippen LogP contribution in [0.2, 0.25) is 0 Å². The van der Waals surface area contributed by atoms with Gasteiger partial charge >= 0.3 is 6.18 Å². The van der Waals surface area contributed by atoms with Crippen molar-refractivity contribution in [3.05, 3.63) is 30.0 Å². The van der Waals surface area contributed by atoms with Gasteiger partial charge < -0.3 is 14.8 Å². The highest BCUT2D eigenvalue weighted by Crippen LogP contribution is 2.31. The number of rotatable bonds is 3. The molecule has 1 fully saturated rings. The van der Waals surface area contributed by atoms with Crippen LogP contribution in [0.1, 0.15) is 12.1 Å². The van der Waals surface area contributed by atoms with Crippen molar-refractivity contribution in [3.63, 3.8) is 0 Å². The van der Waals surface area contributed by atoms with E-state index >= 15 is 0 Å². The average Bonchev–Trinajstić information content (AvgIpc) is 2.78. The first kappa shape index (κ1) is 17.1. The van der Waals surface area contributed by atoms with Crippen LogP contribution in [0.3, 0.4) is 0 Å². The Labute approximate surface area is 138 Å². The molecular formula is C17H21F4N3. The van der Waals surface area contributed by atoms with E-state index in [1.165, 1.54) is 4.57 Å². The molecule has 0 saturated carbocycles. The molecule has 7 heteroatoms. The number of hydrogen-bond acceptors (Lipinski definition) is 2. The molecule has 0 spiro atoms. The first-order valence-corrected chi connectivity index (χ1v) is 7.99. The zero-order chi connectivity index (χ0) is 17.5. The second kappa shape index (κ2) is 6.27. The Morgan fingerprint density at radius 3 is 2.71 bits per heavy atom. The molecule has 1 aromatic heterocycles. The molecule has 1 aromatic carbocycles. The molecule has 1 saturated heterocycles. The van der Waals surface area contributed by atoms with Crippen molar-refractivity contribution in [1.29, 1.82) is 0 Å². The summed E-state index contributed by atoms with van der Waals surface area (Å²) in [5, 5.41) is 3.90. The predicted octanol–water partition coefficient (Wildman–Crippen LogP) is 3.97. The number of hydrogen-bond donors (Lipinski definition) is 1. The zero-order valence-electron chi connectivity index (χ0n) is 13.7. The maximum Gasteiger partial charge on any atom is 0.406 e. The number of likely N-dealkylation sites (tertiary alicyclic amines) is 1. The predicted molar refractivity (Wildman–Crippen MR) is 87.2 cm³/mol. The Morgan fingerprint density at radius 1 is 1.29 bits per heavy atom. The number of benzene rings is 1. The van der Waals surface area contributed by atoms with Crippen LogP contribution in [0, 0.1) is 6.92 Å². The fourth-order valence-electron chi connectivity index (χ4n) is 3.35. The van der Waals surface area contributed by atoms with Crippen molar-refractivity contribution in [3.8, 4) is 0 Å². The molecule has 2 heterocycles. The quantitative estimate of drug-likeness (QED) is 0.851. The van der Waals surface area contributed by atoms with Gasteiger partial charge in [0.1, 0.15) is 12.7 Å². The summed E-state index contributed by atoms with van der Waals surface area (Å²) in [7, 11) is 1.88. The number of aromatic nitrogens is 1. The molecule has 2 unspecified atom stereocenters. The fourth-order valence-corrected chi connectivity index (χ4v) is 3.35. The molecule has 3 nitrogen and oxygen atoms in total. The molecule has 0 aliphatic carbocycles. The molecule has 2 aromatic rings. The summed E-state index contributed by atoms with van der Waals surface area (Å²) in [6.45, 7) is 1.79. The van der Waals surface area contributed by atoms with Gasteiger partial charge in [-0.3, -0.25) is 0 Å². The van der Waals surface area contributed by atoms with Crippen LogP contribution in [0.25, 0.3) is 10.9 Å². The molecular weight excluding hydrogens is 322 g/mol. The number of fused-ring (bicyclic) bond motifs is 1. The van der Waals surface area contributed by atoms with Crippen molar-refractivity contribution in [2.45, 2.75) is 38.3 Å². The molecule has 0 bridgehead atoms. The van der Waals surface area contributed by atoms with Gasteiger partial charge in [-0.25, -0.2) is 4.39 Å². The number of piperidine rings is 1. The SMILES string of the molecule is Cc1cc2c(NC3CCN(C)CC3F)cccc2n1CC(F)(F)F. The van der Waals surface area contributed by atoms with E-state index in [-0.39, 0.29) is 6.04 Å². The monoisotopic (exact) mass is 343 g/mol. The molecule has 1 N–H and O–H groups in total. The number of aryl methyl sites for hydroxylation is 1. The topological polar surface area (TPSA) is 20.2 Å². The third-order valence-corrected chi connectivity index (χ3v) is 4.58. The third-order valence-electron chi connectivity index (χ3n) is 4.58. The first-order valence-electron chi connectivity index (χ1n) is 7.99. The maximum atomic E-state index is 14.2. The van der Waals surface area contributed by atoms with Crippen molar-refractivity contribution in [2.24, 2.45) is 0 Å². The Hall–Kier alpha value is -1.76. The lowest BCUT2D eigenvalue weighted by atomic mass is 10.0. The average molecular weight is 343 g/mol. The van der Waals surface area contributed by atoms with Gasteiger partial charge in [-0.1, -0.05) is 6.07 Å².